The first-order chi connectivity index (χ1) is 13.8. The summed E-state index contributed by atoms with van der Waals surface area (Å²) < 4.78 is 0.729. The smallest absolute Gasteiger partial charge is 0.221 e. The number of aromatic nitrogens is 2. The van der Waals surface area contributed by atoms with Crippen molar-refractivity contribution in [2.75, 3.05) is 10.6 Å². The van der Waals surface area contributed by atoms with E-state index in [0.29, 0.717) is 16.4 Å². The van der Waals surface area contributed by atoms with E-state index in [9.17, 15) is 9.59 Å². The molecule has 8 heteroatoms. The number of anilines is 3. The van der Waals surface area contributed by atoms with Crippen LogP contribution in [-0.2, 0) is 4.79 Å². The Kier molecular flexibility index (Phi) is 6.66. The number of carbonyl (C=O) groups excluding carboxylic acids is 2. The first-order valence-corrected chi connectivity index (χ1v) is 10.8. The molecule has 1 amide bonds. The van der Waals surface area contributed by atoms with E-state index in [0.717, 1.165) is 10.0 Å². The van der Waals surface area contributed by atoms with Gasteiger partial charge in [-0.3, -0.25) is 9.59 Å². The minimum atomic E-state index is -0.302. The van der Waals surface area contributed by atoms with Gasteiger partial charge in [-0.05, 0) is 68.3 Å². The predicted octanol–water partition coefficient (Wildman–Crippen LogP) is 5.22. The van der Waals surface area contributed by atoms with Crippen molar-refractivity contribution in [3.63, 3.8) is 0 Å². The number of Topliss-reactive ketones (excluding diaryl/α,β-unsaturated/α-hetero) is 1. The van der Waals surface area contributed by atoms with Gasteiger partial charge in [-0.2, -0.15) is 0 Å². The lowest BCUT2D eigenvalue weighted by atomic mass is 10.1. The van der Waals surface area contributed by atoms with E-state index in [1.807, 2.05) is 13.0 Å². The molecule has 0 radical (unpaired) electrons. The maximum atomic E-state index is 12.7. The summed E-state index contributed by atoms with van der Waals surface area (Å²) in [6, 6.07) is 13.0. The van der Waals surface area contributed by atoms with Gasteiger partial charge in [-0.15, -0.1) is 10.2 Å². The number of hydrogen-bond donors (Lipinski definition) is 2. The number of ketones is 1. The van der Waals surface area contributed by atoms with Crippen molar-refractivity contribution in [3.05, 3.63) is 59.2 Å². The Morgan fingerprint density at radius 3 is 2.34 bits per heavy atom. The standard InChI is InChI=1S/C21H22N4O2S2/c1-12-5-8-18(11-13(12)2)23-20-24-25-21(29-20)28-14(3)19(27)16-6-9-17(10-7-16)22-15(4)26/h5-11,14H,1-4H3,(H,22,26)(H,23,24). The summed E-state index contributed by atoms with van der Waals surface area (Å²) in [6.07, 6.45) is 0. The van der Waals surface area contributed by atoms with Crippen LogP contribution in [0.2, 0.25) is 0 Å². The van der Waals surface area contributed by atoms with Crippen LogP contribution < -0.4 is 10.6 Å². The highest BCUT2D eigenvalue weighted by Gasteiger charge is 2.19. The molecule has 3 rings (SSSR count). The molecule has 0 saturated carbocycles. The Balaban J connectivity index is 1.61. The summed E-state index contributed by atoms with van der Waals surface area (Å²) in [5.74, 6) is -0.141. The third kappa shape index (κ3) is 5.65. The fourth-order valence-corrected chi connectivity index (χ4v) is 4.60. The molecule has 1 aromatic heterocycles. The normalized spacial score (nSPS) is 11.7. The maximum Gasteiger partial charge on any atom is 0.221 e. The molecule has 2 N–H and O–H groups in total. The summed E-state index contributed by atoms with van der Waals surface area (Å²) in [4.78, 5) is 23.8. The Hall–Kier alpha value is -2.71. The fraction of sp³-hybridized carbons (Fsp3) is 0.238. The molecule has 0 aliphatic rings. The molecule has 0 spiro atoms. The number of nitrogens with zero attached hydrogens (tertiary/aromatic N) is 2. The van der Waals surface area contributed by atoms with Crippen LogP contribution in [-0.4, -0.2) is 27.1 Å². The Morgan fingerprint density at radius 1 is 1.00 bits per heavy atom. The molecule has 150 valence electrons. The summed E-state index contributed by atoms with van der Waals surface area (Å²) in [6.45, 7) is 7.44. The molecule has 1 heterocycles. The third-order valence-electron chi connectivity index (χ3n) is 4.30. The average molecular weight is 427 g/mol. The van der Waals surface area contributed by atoms with Crippen molar-refractivity contribution in [1.29, 1.82) is 0 Å². The minimum absolute atomic E-state index is 0.00300. The second-order valence-corrected chi connectivity index (χ2v) is 9.25. The molecule has 0 aliphatic heterocycles. The van der Waals surface area contributed by atoms with Crippen LogP contribution in [0.15, 0.2) is 46.8 Å². The van der Waals surface area contributed by atoms with Crippen LogP contribution >= 0.6 is 23.1 Å². The number of thioether (sulfide) groups is 1. The van der Waals surface area contributed by atoms with E-state index in [1.165, 1.54) is 41.1 Å². The van der Waals surface area contributed by atoms with Gasteiger partial charge in [0.2, 0.25) is 11.0 Å². The van der Waals surface area contributed by atoms with Gasteiger partial charge in [-0.25, -0.2) is 0 Å². The molecule has 0 saturated heterocycles. The number of nitrogens with one attached hydrogen (secondary N) is 2. The summed E-state index contributed by atoms with van der Waals surface area (Å²) in [5, 5.41) is 14.7. The topological polar surface area (TPSA) is 84.0 Å². The van der Waals surface area contributed by atoms with Gasteiger partial charge in [0.1, 0.15) is 0 Å². The molecule has 0 bridgehead atoms. The molecule has 1 unspecified atom stereocenters. The number of hydrogen-bond acceptors (Lipinski definition) is 7. The summed E-state index contributed by atoms with van der Waals surface area (Å²) in [7, 11) is 0. The van der Waals surface area contributed by atoms with Gasteiger partial charge < -0.3 is 10.6 Å². The Morgan fingerprint density at radius 2 is 1.69 bits per heavy atom. The number of aryl methyl sites for hydroxylation is 2. The molecule has 29 heavy (non-hydrogen) atoms. The first kappa shape index (κ1) is 21.0. The number of rotatable bonds is 7. The van der Waals surface area contributed by atoms with Crippen LogP contribution in [0.3, 0.4) is 0 Å². The van der Waals surface area contributed by atoms with Gasteiger partial charge in [0.05, 0.1) is 5.25 Å². The quantitative estimate of drug-likeness (QED) is 0.398. The highest BCUT2D eigenvalue weighted by atomic mass is 32.2. The van der Waals surface area contributed by atoms with Gasteiger partial charge in [0.25, 0.3) is 0 Å². The van der Waals surface area contributed by atoms with Crippen molar-refractivity contribution in [3.8, 4) is 0 Å². The van der Waals surface area contributed by atoms with E-state index in [2.05, 4.69) is 46.8 Å². The van der Waals surface area contributed by atoms with Crippen molar-refractivity contribution >= 4 is 51.3 Å². The summed E-state index contributed by atoms with van der Waals surface area (Å²) >= 11 is 2.80. The molecular weight excluding hydrogens is 404 g/mol. The van der Waals surface area contributed by atoms with Crippen molar-refractivity contribution in [1.82, 2.24) is 10.2 Å². The summed E-state index contributed by atoms with van der Waals surface area (Å²) in [5.41, 5.74) is 4.67. The highest BCUT2D eigenvalue weighted by Crippen LogP contribution is 2.32. The molecule has 3 aromatic rings. The van der Waals surface area contributed by atoms with Gasteiger partial charge >= 0.3 is 0 Å². The monoisotopic (exact) mass is 426 g/mol. The molecule has 0 aliphatic carbocycles. The lowest BCUT2D eigenvalue weighted by molar-refractivity contribution is -0.114. The van der Waals surface area contributed by atoms with Crippen LogP contribution in [0.25, 0.3) is 0 Å². The third-order valence-corrected chi connectivity index (χ3v) is 6.32. The Labute approximate surface area is 178 Å². The second kappa shape index (κ2) is 9.19. The number of benzene rings is 2. The zero-order valence-corrected chi connectivity index (χ0v) is 18.3. The zero-order chi connectivity index (χ0) is 21.0. The van der Waals surface area contributed by atoms with E-state index in [4.69, 9.17) is 0 Å². The van der Waals surface area contributed by atoms with Crippen LogP contribution in [0.4, 0.5) is 16.5 Å². The molecule has 6 nitrogen and oxygen atoms in total. The largest absolute Gasteiger partial charge is 0.330 e. The lowest BCUT2D eigenvalue weighted by Gasteiger charge is -2.09. The average Bonchev–Trinajstić information content (AvgIpc) is 3.11. The van der Waals surface area contributed by atoms with Crippen molar-refractivity contribution < 1.29 is 9.59 Å². The van der Waals surface area contributed by atoms with E-state index < -0.39 is 0 Å². The molecule has 2 aromatic carbocycles. The van der Waals surface area contributed by atoms with Crippen LogP contribution in [0.5, 0.6) is 0 Å². The van der Waals surface area contributed by atoms with E-state index in [-0.39, 0.29) is 16.9 Å². The van der Waals surface area contributed by atoms with Gasteiger partial charge in [0.15, 0.2) is 10.1 Å². The van der Waals surface area contributed by atoms with Crippen LogP contribution in [0, 0.1) is 13.8 Å². The van der Waals surface area contributed by atoms with Gasteiger partial charge in [0, 0.05) is 23.9 Å². The molecular formula is C21H22N4O2S2. The van der Waals surface area contributed by atoms with E-state index >= 15 is 0 Å². The van der Waals surface area contributed by atoms with Crippen molar-refractivity contribution in [2.24, 2.45) is 0 Å². The van der Waals surface area contributed by atoms with E-state index in [1.54, 1.807) is 24.3 Å². The van der Waals surface area contributed by atoms with Gasteiger partial charge in [-0.1, -0.05) is 29.2 Å². The first-order valence-electron chi connectivity index (χ1n) is 9.08. The number of carbonyl (C=O) groups is 2. The maximum absolute atomic E-state index is 12.7. The second-order valence-electron chi connectivity index (χ2n) is 6.68. The highest BCUT2D eigenvalue weighted by molar-refractivity contribution is 8.02. The molecule has 1 atom stereocenters. The lowest BCUT2D eigenvalue weighted by Crippen LogP contribution is -2.13. The van der Waals surface area contributed by atoms with Crippen LogP contribution in [0.1, 0.15) is 35.3 Å². The molecule has 0 fully saturated rings. The zero-order valence-electron chi connectivity index (χ0n) is 16.6. The SMILES string of the molecule is CC(=O)Nc1ccc(C(=O)C(C)Sc2nnc(Nc3ccc(C)c(C)c3)s2)cc1. The Bertz CT molecular complexity index is 1030. The fourth-order valence-electron chi connectivity index (χ4n) is 2.61. The minimum Gasteiger partial charge on any atom is -0.330 e. The predicted molar refractivity (Wildman–Crippen MR) is 120 cm³/mol. The van der Waals surface area contributed by atoms with Crippen molar-refractivity contribution in [2.45, 2.75) is 37.3 Å². The number of amides is 1.